The molecule has 0 fully saturated rings. The standard InChI is InChI=1S/C18H19FN6O3S/c1-28-14-6-5-13(19)10-15(14)29(26,27)24-9-8-21-17-11-18(23-12-22-17)25-16-4-2-3-7-20-16/h2-7,10-12,24H,8-9H2,1H3,(H2,20,21,22,23,25). The Morgan fingerprint density at radius 3 is 2.59 bits per heavy atom. The first kappa shape index (κ1) is 20.4. The summed E-state index contributed by atoms with van der Waals surface area (Å²) in [7, 11) is -2.62. The Morgan fingerprint density at radius 2 is 1.83 bits per heavy atom. The second-order valence-corrected chi connectivity index (χ2v) is 7.48. The van der Waals surface area contributed by atoms with Crippen molar-refractivity contribution in [1.82, 2.24) is 19.7 Å². The number of methoxy groups -OCH3 is 1. The lowest BCUT2D eigenvalue weighted by Gasteiger charge is -2.12. The molecule has 29 heavy (non-hydrogen) atoms. The lowest BCUT2D eigenvalue weighted by molar-refractivity contribution is 0.400. The van der Waals surface area contributed by atoms with Gasteiger partial charge in [-0.3, -0.25) is 0 Å². The zero-order chi connectivity index (χ0) is 20.7. The summed E-state index contributed by atoms with van der Waals surface area (Å²) in [6.07, 6.45) is 3.03. The third kappa shape index (κ3) is 5.59. The van der Waals surface area contributed by atoms with Crippen LogP contribution in [-0.2, 0) is 10.0 Å². The van der Waals surface area contributed by atoms with Crippen molar-refractivity contribution in [2.24, 2.45) is 0 Å². The average Bonchev–Trinajstić information content (AvgIpc) is 2.72. The van der Waals surface area contributed by atoms with Crippen LogP contribution in [-0.4, -0.2) is 43.6 Å². The monoisotopic (exact) mass is 418 g/mol. The zero-order valence-electron chi connectivity index (χ0n) is 15.5. The van der Waals surface area contributed by atoms with Crippen molar-refractivity contribution in [2.75, 3.05) is 30.8 Å². The summed E-state index contributed by atoms with van der Waals surface area (Å²) in [6, 6.07) is 10.4. The molecule has 0 unspecified atom stereocenters. The summed E-state index contributed by atoms with van der Waals surface area (Å²) < 4.78 is 45.6. The van der Waals surface area contributed by atoms with Gasteiger partial charge in [0.05, 0.1) is 7.11 Å². The predicted octanol–water partition coefficient (Wildman–Crippen LogP) is 2.15. The maximum atomic E-state index is 13.4. The van der Waals surface area contributed by atoms with Gasteiger partial charge in [-0.1, -0.05) is 6.07 Å². The van der Waals surface area contributed by atoms with Crippen molar-refractivity contribution in [2.45, 2.75) is 4.90 Å². The highest BCUT2D eigenvalue weighted by Crippen LogP contribution is 2.24. The Balaban J connectivity index is 1.57. The lowest BCUT2D eigenvalue weighted by atomic mass is 10.3. The second kappa shape index (κ2) is 9.26. The highest BCUT2D eigenvalue weighted by atomic mass is 32.2. The molecular weight excluding hydrogens is 399 g/mol. The number of hydrogen-bond acceptors (Lipinski definition) is 8. The minimum absolute atomic E-state index is 0.0506. The van der Waals surface area contributed by atoms with E-state index in [0.717, 1.165) is 12.1 Å². The summed E-state index contributed by atoms with van der Waals surface area (Å²) in [5, 5.41) is 6.03. The number of ether oxygens (including phenoxy) is 1. The summed E-state index contributed by atoms with van der Waals surface area (Å²) >= 11 is 0. The van der Waals surface area contributed by atoms with E-state index in [1.165, 1.54) is 19.5 Å². The van der Waals surface area contributed by atoms with Gasteiger partial charge in [-0.05, 0) is 30.3 Å². The molecule has 152 valence electrons. The number of aromatic nitrogens is 3. The number of rotatable bonds is 9. The highest BCUT2D eigenvalue weighted by molar-refractivity contribution is 7.89. The number of nitrogens with zero attached hydrogens (tertiary/aromatic N) is 3. The molecule has 3 N–H and O–H groups in total. The van der Waals surface area contributed by atoms with E-state index in [4.69, 9.17) is 4.74 Å². The van der Waals surface area contributed by atoms with E-state index in [1.807, 2.05) is 6.07 Å². The topological polar surface area (TPSA) is 118 Å². The minimum atomic E-state index is -3.94. The number of pyridine rings is 1. The van der Waals surface area contributed by atoms with E-state index >= 15 is 0 Å². The second-order valence-electron chi connectivity index (χ2n) is 5.75. The Morgan fingerprint density at radius 1 is 1.00 bits per heavy atom. The molecule has 0 atom stereocenters. The first-order valence-corrected chi connectivity index (χ1v) is 10.0. The Labute approximate surface area is 167 Å². The number of sulfonamides is 1. The van der Waals surface area contributed by atoms with Gasteiger partial charge in [-0.2, -0.15) is 0 Å². The van der Waals surface area contributed by atoms with Gasteiger partial charge >= 0.3 is 0 Å². The lowest BCUT2D eigenvalue weighted by Crippen LogP contribution is -2.29. The number of halogens is 1. The van der Waals surface area contributed by atoms with Crippen LogP contribution in [0.2, 0.25) is 0 Å². The van der Waals surface area contributed by atoms with Gasteiger partial charge in [0.15, 0.2) is 0 Å². The molecule has 11 heteroatoms. The summed E-state index contributed by atoms with van der Waals surface area (Å²) in [5.74, 6) is 1.06. The van der Waals surface area contributed by atoms with Crippen molar-refractivity contribution in [3.05, 3.63) is 60.8 Å². The fraction of sp³-hybridized carbons (Fsp3) is 0.167. The molecule has 0 saturated heterocycles. The molecule has 0 amide bonds. The number of benzene rings is 1. The van der Waals surface area contributed by atoms with Gasteiger partial charge in [0.1, 0.15) is 40.2 Å². The van der Waals surface area contributed by atoms with Crippen LogP contribution in [0, 0.1) is 5.82 Å². The van der Waals surface area contributed by atoms with Crippen molar-refractivity contribution >= 4 is 27.5 Å². The van der Waals surface area contributed by atoms with Crippen molar-refractivity contribution in [3.8, 4) is 5.75 Å². The molecule has 2 heterocycles. The van der Waals surface area contributed by atoms with Crippen LogP contribution >= 0.6 is 0 Å². The molecular formula is C18H19FN6O3S. The van der Waals surface area contributed by atoms with E-state index < -0.39 is 15.8 Å². The third-order valence-corrected chi connectivity index (χ3v) is 5.21. The van der Waals surface area contributed by atoms with Crippen LogP contribution in [0.1, 0.15) is 0 Å². The first-order chi connectivity index (χ1) is 14.0. The Bertz CT molecular complexity index is 1070. The fourth-order valence-corrected chi connectivity index (χ4v) is 3.61. The van der Waals surface area contributed by atoms with Crippen LogP contribution in [0.5, 0.6) is 5.75 Å². The largest absolute Gasteiger partial charge is 0.495 e. The number of anilines is 3. The molecule has 0 saturated carbocycles. The molecule has 0 aliphatic heterocycles. The number of nitrogens with one attached hydrogen (secondary N) is 3. The van der Waals surface area contributed by atoms with E-state index in [2.05, 4.69) is 30.3 Å². The highest BCUT2D eigenvalue weighted by Gasteiger charge is 2.19. The molecule has 1 aromatic carbocycles. The summed E-state index contributed by atoms with van der Waals surface area (Å²) in [5.41, 5.74) is 0. The first-order valence-electron chi connectivity index (χ1n) is 8.55. The predicted molar refractivity (Wildman–Crippen MR) is 106 cm³/mol. The van der Waals surface area contributed by atoms with Gasteiger partial charge in [0, 0.05) is 25.4 Å². The molecule has 2 aromatic heterocycles. The van der Waals surface area contributed by atoms with Crippen LogP contribution in [0.25, 0.3) is 0 Å². The maximum absolute atomic E-state index is 13.4. The fourth-order valence-electron chi connectivity index (χ4n) is 2.40. The van der Waals surface area contributed by atoms with E-state index in [9.17, 15) is 12.8 Å². The molecule has 0 aliphatic carbocycles. The summed E-state index contributed by atoms with van der Waals surface area (Å²) in [4.78, 5) is 12.1. The van der Waals surface area contributed by atoms with Gasteiger partial charge in [0.2, 0.25) is 10.0 Å². The Kier molecular flexibility index (Phi) is 6.52. The van der Waals surface area contributed by atoms with Crippen LogP contribution in [0.3, 0.4) is 0 Å². The quantitative estimate of drug-likeness (QED) is 0.453. The van der Waals surface area contributed by atoms with E-state index in [0.29, 0.717) is 17.5 Å². The molecule has 0 bridgehead atoms. The minimum Gasteiger partial charge on any atom is -0.495 e. The normalized spacial score (nSPS) is 11.1. The van der Waals surface area contributed by atoms with Gasteiger partial charge < -0.3 is 15.4 Å². The van der Waals surface area contributed by atoms with E-state index in [1.54, 1.807) is 24.4 Å². The molecule has 0 aliphatic rings. The molecule has 9 nitrogen and oxygen atoms in total. The van der Waals surface area contributed by atoms with Crippen molar-refractivity contribution in [3.63, 3.8) is 0 Å². The molecule has 0 radical (unpaired) electrons. The van der Waals surface area contributed by atoms with Crippen LogP contribution < -0.4 is 20.1 Å². The molecule has 0 spiro atoms. The van der Waals surface area contributed by atoms with Gasteiger partial charge in [-0.25, -0.2) is 32.5 Å². The van der Waals surface area contributed by atoms with Crippen LogP contribution in [0.4, 0.5) is 21.8 Å². The smallest absolute Gasteiger partial charge is 0.244 e. The average molecular weight is 418 g/mol. The summed E-state index contributed by atoms with van der Waals surface area (Å²) in [6.45, 7) is 0.298. The maximum Gasteiger partial charge on any atom is 0.244 e. The SMILES string of the molecule is COc1ccc(F)cc1S(=O)(=O)NCCNc1cc(Nc2ccccn2)ncn1. The van der Waals surface area contributed by atoms with E-state index in [-0.39, 0.29) is 23.7 Å². The molecule has 3 aromatic rings. The van der Waals surface area contributed by atoms with Gasteiger partial charge in [-0.15, -0.1) is 0 Å². The molecule has 3 rings (SSSR count). The zero-order valence-corrected chi connectivity index (χ0v) is 16.3. The van der Waals surface area contributed by atoms with Crippen molar-refractivity contribution in [1.29, 1.82) is 0 Å². The van der Waals surface area contributed by atoms with Gasteiger partial charge in [0.25, 0.3) is 0 Å². The third-order valence-electron chi connectivity index (χ3n) is 3.73. The van der Waals surface area contributed by atoms with Crippen molar-refractivity contribution < 1.29 is 17.5 Å². The van der Waals surface area contributed by atoms with Crippen LogP contribution in [0.15, 0.2) is 59.9 Å². The Hall–Kier alpha value is -3.31. The number of hydrogen-bond donors (Lipinski definition) is 3.